The molecule has 1 heterocycles. The van der Waals surface area contributed by atoms with Crippen molar-refractivity contribution in [2.24, 2.45) is 0 Å². The minimum Gasteiger partial charge on any atom is -0.486 e. The minimum atomic E-state index is -0.379. The van der Waals surface area contributed by atoms with Gasteiger partial charge in [0.1, 0.15) is 12.4 Å². The number of para-hydroxylation sites is 2. The van der Waals surface area contributed by atoms with Crippen LogP contribution in [0.4, 0.5) is 9.18 Å². The number of carbonyl (C=O) groups is 1. The topological polar surface area (TPSA) is 59.6 Å². The van der Waals surface area contributed by atoms with Crippen molar-refractivity contribution in [3.8, 4) is 11.5 Å². The molecular formula is C17H17FN2O3. The highest BCUT2D eigenvalue weighted by molar-refractivity contribution is 5.73. The van der Waals surface area contributed by atoms with Crippen molar-refractivity contribution >= 4 is 6.03 Å². The van der Waals surface area contributed by atoms with Crippen molar-refractivity contribution in [3.63, 3.8) is 0 Å². The summed E-state index contributed by atoms with van der Waals surface area (Å²) in [6.45, 7) is 0.797. The number of benzene rings is 2. The maximum Gasteiger partial charge on any atom is 0.315 e. The fourth-order valence-corrected chi connectivity index (χ4v) is 2.25. The summed E-state index contributed by atoms with van der Waals surface area (Å²) < 4.78 is 24.8. The molecule has 2 aromatic carbocycles. The number of amides is 2. The van der Waals surface area contributed by atoms with Crippen LogP contribution in [0.2, 0.25) is 0 Å². The van der Waals surface area contributed by atoms with Crippen molar-refractivity contribution < 1.29 is 18.7 Å². The van der Waals surface area contributed by atoms with Gasteiger partial charge < -0.3 is 20.1 Å². The lowest BCUT2D eigenvalue weighted by Gasteiger charge is -2.26. The van der Waals surface area contributed by atoms with Crippen LogP contribution in [0.25, 0.3) is 0 Å². The van der Waals surface area contributed by atoms with Gasteiger partial charge in [0, 0.05) is 12.1 Å². The Labute approximate surface area is 133 Å². The minimum absolute atomic E-state index is 0.128. The number of fused-ring (bicyclic) bond motifs is 1. The second kappa shape index (κ2) is 7.00. The van der Waals surface area contributed by atoms with Crippen LogP contribution in [0.1, 0.15) is 5.56 Å². The van der Waals surface area contributed by atoms with E-state index in [-0.39, 0.29) is 24.5 Å². The maximum atomic E-state index is 13.4. The van der Waals surface area contributed by atoms with E-state index in [0.717, 1.165) is 0 Å². The van der Waals surface area contributed by atoms with Crippen LogP contribution in [0.3, 0.4) is 0 Å². The summed E-state index contributed by atoms with van der Waals surface area (Å²) in [4.78, 5) is 11.8. The van der Waals surface area contributed by atoms with Gasteiger partial charge in [-0.2, -0.15) is 0 Å². The van der Waals surface area contributed by atoms with Crippen LogP contribution in [0.15, 0.2) is 48.5 Å². The van der Waals surface area contributed by atoms with E-state index in [4.69, 9.17) is 9.47 Å². The first-order valence-corrected chi connectivity index (χ1v) is 7.36. The predicted octanol–water partition coefficient (Wildman–Crippen LogP) is 2.46. The van der Waals surface area contributed by atoms with Gasteiger partial charge in [-0.25, -0.2) is 9.18 Å². The molecule has 0 fully saturated rings. The molecule has 0 saturated carbocycles. The maximum absolute atomic E-state index is 13.4. The van der Waals surface area contributed by atoms with E-state index in [0.29, 0.717) is 30.2 Å². The van der Waals surface area contributed by atoms with Crippen LogP contribution in [-0.4, -0.2) is 25.3 Å². The lowest BCUT2D eigenvalue weighted by atomic mass is 10.2. The first-order valence-electron chi connectivity index (χ1n) is 7.36. The van der Waals surface area contributed by atoms with Crippen LogP contribution in [-0.2, 0) is 6.54 Å². The van der Waals surface area contributed by atoms with Gasteiger partial charge in [-0.3, -0.25) is 0 Å². The molecule has 3 rings (SSSR count). The highest BCUT2D eigenvalue weighted by atomic mass is 19.1. The van der Waals surface area contributed by atoms with Crippen LogP contribution < -0.4 is 20.1 Å². The second-order valence-corrected chi connectivity index (χ2v) is 5.15. The average molecular weight is 316 g/mol. The van der Waals surface area contributed by atoms with E-state index in [9.17, 15) is 9.18 Å². The van der Waals surface area contributed by atoms with Crippen molar-refractivity contribution in [2.75, 3.05) is 13.2 Å². The fraction of sp³-hybridized carbons (Fsp3) is 0.235. The molecule has 0 unspecified atom stereocenters. The Morgan fingerprint density at radius 3 is 2.65 bits per heavy atom. The van der Waals surface area contributed by atoms with Gasteiger partial charge >= 0.3 is 6.03 Å². The summed E-state index contributed by atoms with van der Waals surface area (Å²) in [6, 6.07) is 13.3. The molecule has 2 amide bonds. The normalized spacial score (nSPS) is 15.8. The summed E-state index contributed by atoms with van der Waals surface area (Å²) in [5.74, 6) is 1.03. The molecule has 120 valence electrons. The van der Waals surface area contributed by atoms with Gasteiger partial charge in [0.05, 0.1) is 6.54 Å². The zero-order valence-corrected chi connectivity index (χ0v) is 12.4. The first kappa shape index (κ1) is 15.1. The molecule has 23 heavy (non-hydrogen) atoms. The highest BCUT2D eigenvalue weighted by Gasteiger charge is 2.20. The smallest absolute Gasteiger partial charge is 0.315 e. The summed E-state index contributed by atoms with van der Waals surface area (Å²) >= 11 is 0. The molecule has 0 spiro atoms. The standard InChI is InChI=1S/C17H17FN2O3/c18-14-6-2-1-5-12(14)9-19-17(21)20-10-13-11-22-15-7-3-4-8-16(15)23-13/h1-8,13H,9-11H2,(H2,19,20,21)/t13-/m0/s1. The quantitative estimate of drug-likeness (QED) is 0.911. The summed E-state index contributed by atoms with van der Waals surface area (Å²) in [7, 11) is 0. The summed E-state index contributed by atoms with van der Waals surface area (Å²) in [6.07, 6.45) is -0.260. The number of carbonyl (C=O) groups excluding carboxylic acids is 1. The largest absolute Gasteiger partial charge is 0.486 e. The highest BCUT2D eigenvalue weighted by Crippen LogP contribution is 2.30. The number of nitrogens with one attached hydrogen (secondary N) is 2. The molecule has 0 bridgehead atoms. The van der Waals surface area contributed by atoms with Gasteiger partial charge in [0.2, 0.25) is 0 Å². The molecule has 6 heteroatoms. The number of urea groups is 1. The van der Waals surface area contributed by atoms with E-state index in [1.54, 1.807) is 18.2 Å². The lowest BCUT2D eigenvalue weighted by Crippen LogP contribution is -2.44. The van der Waals surface area contributed by atoms with E-state index >= 15 is 0 Å². The number of rotatable bonds is 4. The van der Waals surface area contributed by atoms with E-state index in [2.05, 4.69) is 10.6 Å². The number of hydrogen-bond donors (Lipinski definition) is 2. The van der Waals surface area contributed by atoms with Gasteiger partial charge in [-0.05, 0) is 18.2 Å². The molecule has 2 N–H and O–H groups in total. The Morgan fingerprint density at radius 2 is 1.83 bits per heavy atom. The molecule has 1 atom stereocenters. The Bertz CT molecular complexity index is 693. The van der Waals surface area contributed by atoms with E-state index < -0.39 is 0 Å². The monoisotopic (exact) mass is 316 g/mol. The van der Waals surface area contributed by atoms with Gasteiger partial charge in [0.25, 0.3) is 0 Å². The van der Waals surface area contributed by atoms with Crippen molar-refractivity contribution in [2.45, 2.75) is 12.6 Å². The van der Waals surface area contributed by atoms with E-state index in [1.807, 2.05) is 24.3 Å². The number of halogens is 1. The van der Waals surface area contributed by atoms with Gasteiger partial charge in [0.15, 0.2) is 17.6 Å². The third-order valence-corrected chi connectivity index (χ3v) is 3.46. The van der Waals surface area contributed by atoms with Crippen molar-refractivity contribution in [3.05, 3.63) is 59.9 Å². The number of hydrogen-bond acceptors (Lipinski definition) is 3. The summed E-state index contributed by atoms with van der Waals surface area (Å²) in [5, 5.41) is 5.31. The zero-order chi connectivity index (χ0) is 16.1. The zero-order valence-electron chi connectivity index (χ0n) is 12.4. The Hall–Kier alpha value is -2.76. The Balaban J connectivity index is 1.44. The molecule has 0 saturated heterocycles. The van der Waals surface area contributed by atoms with Crippen molar-refractivity contribution in [1.29, 1.82) is 0 Å². The molecular weight excluding hydrogens is 299 g/mol. The predicted molar refractivity (Wildman–Crippen MR) is 83.0 cm³/mol. The van der Waals surface area contributed by atoms with Gasteiger partial charge in [-0.15, -0.1) is 0 Å². The van der Waals surface area contributed by atoms with Crippen LogP contribution >= 0.6 is 0 Å². The fourth-order valence-electron chi connectivity index (χ4n) is 2.25. The second-order valence-electron chi connectivity index (χ2n) is 5.15. The third kappa shape index (κ3) is 3.91. The van der Waals surface area contributed by atoms with Crippen LogP contribution in [0.5, 0.6) is 11.5 Å². The van der Waals surface area contributed by atoms with Gasteiger partial charge in [-0.1, -0.05) is 30.3 Å². The van der Waals surface area contributed by atoms with Crippen molar-refractivity contribution in [1.82, 2.24) is 10.6 Å². The summed E-state index contributed by atoms with van der Waals surface area (Å²) in [5.41, 5.74) is 0.439. The van der Waals surface area contributed by atoms with E-state index in [1.165, 1.54) is 6.07 Å². The van der Waals surface area contributed by atoms with Crippen LogP contribution in [0, 0.1) is 5.82 Å². The lowest BCUT2D eigenvalue weighted by molar-refractivity contribution is 0.0918. The molecule has 5 nitrogen and oxygen atoms in total. The number of ether oxygens (including phenoxy) is 2. The SMILES string of the molecule is O=C(NCc1ccccc1F)NC[C@H]1COc2ccccc2O1. The Kier molecular flexibility index (Phi) is 4.61. The average Bonchev–Trinajstić information content (AvgIpc) is 2.59. The molecule has 2 aromatic rings. The third-order valence-electron chi connectivity index (χ3n) is 3.46. The molecule has 0 aromatic heterocycles. The molecule has 0 aliphatic carbocycles. The molecule has 0 radical (unpaired) electrons. The first-order chi connectivity index (χ1) is 11.2. The molecule has 1 aliphatic heterocycles. The molecule has 1 aliphatic rings. The Morgan fingerprint density at radius 1 is 1.09 bits per heavy atom.